The fraction of sp³-hybridized carbons (Fsp3) is 0.421. The van der Waals surface area contributed by atoms with Gasteiger partial charge >= 0.3 is 0 Å². The molecule has 130 valence electrons. The number of aryl methyl sites for hydroxylation is 1. The van der Waals surface area contributed by atoms with Gasteiger partial charge in [0.25, 0.3) is 5.91 Å². The molecule has 3 heterocycles. The van der Waals surface area contributed by atoms with E-state index in [0.29, 0.717) is 19.1 Å². The van der Waals surface area contributed by atoms with Gasteiger partial charge in [0.1, 0.15) is 11.7 Å². The van der Waals surface area contributed by atoms with E-state index in [0.717, 1.165) is 42.4 Å². The molecule has 3 aliphatic heterocycles. The van der Waals surface area contributed by atoms with Crippen LogP contribution in [0.25, 0.3) is 0 Å². The molecule has 0 aliphatic carbocycles. The summed E-state index contributed by atoms with van der Waals surface area (Å²) in [4.78, 5) is 28.2. The highest BCUT2D eigenvalue weighted by atomic mass is 16.2. The Kier molecular flexibility index (Phi) is 4.03. The second kappa shape index (κ2) is 6.35. The van der Waals surface area contributed by atoms with Gasteiger partial charge in [0, 0.05) is 37.8 Å². The number of rotatable bonds is 2. The van der Waals surface area contributed by atoms with Crippen LogP contribution in [0.2, 0.25) is 0 Å². The van der Waals surface area contributed by atoms with Crippen LogP contribution in [0.1, 0.15) is 22.8 Å². The molecule has 1 aromatic carbocycles. The summed E-state index contributed by atoms with van der Waals surface area (Å²) in [6.07, 6.45) is 3.94. The van der Waals surface area contributed by atoms with Gasteiger partial charge in [-0.2, -0.15) is 0 Å². The van der Waals surface area contributed by atoms with Crippen LogP contribution in [0.5, 0.6) is 0 Å². The lowest BCUT2D eigenvalue weighted by atomic mass is 10.1. The maximum absolute atomic E-state index is 12.7. The number of hydrogen-bond donors (Lipinski definition) is 0. The second-order valence-corrected chi connectivity index (χ2v) is 6.80. The number of amides is 1. The first-order chi connectivity index (χ1) is 12.1. The third-order valence-electron chi connectivity index (χ3n) is 5.10. The zero-order valence-electron chi connectivity index (χ0n) is 14.7. The molecule has 0 radical (unpaired) electrons. The van der Waals surface area contributed by atoms with Crippen molar-refractivity contribution < 1.29 is 4.79 Å². The minimum absolute atomic E-state index is 0.124. The molecule has 6 heteroatoms. The van der Waals surface area contributed by atoms with Crippen LogP contribution in [0, 0.1) is 6.92 Å². The second-order valence-electron chi connectivity index (χ2n) is 6.80. The molecule has 1 atom stereocenters. The van der Waals surface area contributed by atoms with Gasteiger partial charge in [-0.3, -0.25) is 9.79 Å². The lowest BCUT2D eigenvalue weighted by Crippen LogP contribution is -2.49. The molecule has 6 nitrogen and oxygen atoms in total. The Morgan fingerprint density at radius 3 is 2.68 bits per heavy atom. The first-order valence-electron chi connectivity index (χ1n) is 8.82. The zero-order chi connectivity index (χ0) is 17.4. The van der Waals surface area contributed by atoms with Gasteiger partial charge in [-0.25, -0.2) is 4.99 Å². The van der Waals surface area contributed by atoms with Crippen molar-refractivity contribution in [1.29, 1.82) is 0 Å². The monoisotopic (exact) mass is 337 g/mol. The first kappa shape index (κ1) is 15.9. The smallest absolute Gasteiger partial charge is 0.254 e. The molecular formula is C19H23N5O. The van der Waals surface area contributed by atoms with E-state index in [4.69, 9.17) is 0 Å². The van der Waals surface area contributed by atoms with Crippen molar-refractivity contribution in [3.63, 3.8) is 0 Å². The summed E-state index contributed by atoms with van der Waals surface area (Å²) in [5, 5.41) is 0. The van der Waals surface area contributed by atoms with Gasteiger partial charge in [-0.05, 0) is 25.5 Å². The third kappa shape index (κ3) is 2.92. The highest BCUT2D eigenvalue weighted by molar-refractivity contribution is 6.03. The van der Waals surface area contributed by atoms with E-state index in [1.165, 1.54) is 0 Å². The van der Waals surface area contributed by atoms with Crippen LogP contribution in [-0.4, -0.2) is 71.5 Å². The van der Waals surface area contributed by atoms with E-state index in [1.54, 1.807) is 0 Å². The van der Waals surface area contributed by atoms with Crippen LogP contribution in [0.3, 0.4) is 0 Å². The van der Waals surface area contributed by atoms with Crippen molar-refractivity contribution in [2.24, 2.45) is 9.98 Å². The summed E-state index contributed by atoms with van der Waals surface area (Å²) < 4.78 is 0. The Morgan fingerprint density at radius 1 is 1.16 bits per heavy atom. The topological polar surface area (TPSA) is 51.5 Å². The molecule has 0 aromatic heterocycles. The van der Waals surface area contributed by atoms with Crippen LogP contribution in [0.15, 0.2) is 46.1 Å². The number of carbonyl (C=O) groups is 1. The molecule has 0 spiro atoms. The minimum Gasteiger partial charge on any atom is -0.353 e. The molecule has 0 unspecified atom stereocenters. The van der Waals surface area contributed by atoms with Crippen LogP contribution >= 0.6 is 0 Å². The first-order valence-corrected chi connectivity index (χ1v) is 8.82. The Labute approximate surface area is 148 Å². The van der Waals surface area contributed by atoms with Crippen molar-refractivity contribution in [3.8, 4) is 0 Å². The van der Waals surface area contributed by atoms with Crippen molar-refractivity contribution in [1.82, 2.24) is 14.7 Å². The number of amidine groups is 1. The molecule has 1 aromatic rings. The van der Waals surface area contributed by atoms with Gasteiger partial charge in [0.05, 0.1) is 18.9 Å². The Morgan fingerprint density at radius 2 is 1.92 bits per heavy atom. The highest BCUT2D eigenvalue weighted by Crippen LogP contribution is 2.20. The minimum atomic E-state index is 0.124. The van der Waals surface area contributed by atoms with E-state index >= 15 is 0 Å². The van der Waals surface area contributed by atoms with E-state index in [1.807, 2.05) is 42.4 Å². The number of carbonyl (C=O) groups excluding carboxylic acids is 1. The number of fused-ring (bicyclic) bond motifs is 1. The lowest BCUT2D eigenvalue weighted by molar-refractivity contribution is 0.0667. The van der Waals surface area contributed by atoms with Crippen LogP contribution in [0.4, 0.5) is 0 Å². The maximum Gasteiger partial charge on any atom is 0.254 e. The van der Waals surface area contributed by atoms with Crippen molar-refractivity contribution in [2.75, 3.05) is 32.7 Å². The summed E-state index contributed by atoms with van der Waals surface area (Å²) >= 11 is 0. The SMILES string of the molecule is Cc1ccccc1C(=O)N1CCN(C2=CC3=NC[C@@H](C)N3C=N2)CC1. The number of aliphatic imine (C=N–C) groups is 2. The van der Waals surface area contributed by atoms with Gasteiger partial charge in [0.15, 0.2) is 0 Å². The molecule has 0 saturated carbocycles. The fourth-order valence-corrected chi connectivity index (χ4v) is 3.48. The molecule has 25 heavy (non-hydrogen) atoms. The fourth-order valence-electron chi connectivity index (χ4n) is 3.48. The van der Waals surface area contributed by atoms with Gasteiger partial charge in [0.2, 0.25) is 0 Å². The van der Waals surface area contributed by atoms with E-state index in [-0.39, 0.29) is 5.91 Å². The maximum atomic E-state index is 12.7. The van der Waals surface area contributed by atoms with Crippen molar-refractivity contribution >= 4 is 18.1 Å². The van der Waals surface area contributed by atoms with Crippen LogP contribution in [-0.2, 0) is 0 Å². The van der Waals surface area contributed by atoms with Gasteiger partial charge in [-0.1, -0.05) is 18.2 Å². The lowest BCUT2D eigenvalue weighted by Gasteiger charge is -2.37. The van der Waals surface area contributed by atoms with E-state index in [9.17, 15) is 4.79 Å². The third-order valence-corrected chi connectivity index (χ3v) is 5.10. The summed E-state index contributed by atoms with van der Waals surface area (Å²) in [5.74, 6) is 2.07. The van der Waals surface area contributed by atoms with Crippen molar-refractivity contribution in [2.45, 2.75) is 19.9 Å². The summed E-state index contributed by atoms with van der Waals surface area (Å²) in [5.41, 5.74) is 1.83. The molecule has 1 amide bonds. The molecular weight excluding hydrogens is 314 g/mol. The quantitative estimate of drug-likeness (QED) is 0.826. The Balaban J connectivity index is 1.41. The molecule has 1 saturated heterocycles. The number of benzene rings is 1. The summed E-state index contributed by atoms with van der Waals surface area (Å²) in [7, 11) is 0. The van der Waals surface area contributed by atoms with Gasteiger partial charge in [-0.15, -0.1) is 0 Å². The Hall–Kier alpha value is -2.63. The molecule has 3 aliphatic rings. The van der Waals surface area contributed by atoms with Crippen molar-refractivity contribution in [3.05, 3.63) is 47.3 Å². The average molecular weight is 337 g/mol. The molecule has 0 bridgehead atoms. The standard InChI is InChI=1S/C19H23N5O/c1-14-5-3-4-6-16(14)19(25)23-9-7-22(8-10-23)17-11-18-20-12-15(2)24(18)13-21-17/h3-6,11,13,15H,7-10,12H2,1-2H3/t15-/m1/s1. The van der Waals surface area contributed by atoms with Crippen LogP contribution < -0.4 is 0 Å². The largest absolute Gasteiger partial charge is 0.353 e. The summed E-state index contributed by atoms with van der Waals surface area (Å²) in [6.45, 7) is 7.98. The Bertz CT molecular complexity index is 774. The summed E-state index contributed by atoms with van der Waals surface area (Å²) in [6, 6.07) is 8.17. The predicted molar refractivity (Wildman–Crippen MR) is 98.8 cm³/mol. The number of hydrogen-bond acceptors (Lipinski definition) is 5. The van der Waals surface area contributed by atoms with E-state index in [2.05, 4.69) is 32.8 Å². The molecule has 0 N–H and O–H groups in total. The number of piperazine rings is 1. The number of nitrogens with zero attached hydrogens (tertiary/aromatic N) is 5. The normalized spacial score (nSPS) is 22.6. The molecule has 4 rings (SSSR count). The predicted octanol–water partition coefficient (Wildman–Crippen LogP) is 1.74. The zero-order valence-corrected chi connectivity index (χ0v) is 14.7. The highest BCUT2D eigenvalue weighted by Gasteiger charge is 2.28. The van der Waals surface area contributed by atoms with E-state index < -0.39 is 0 Å². The molecule has 1 fully saturated rings. The average Bonchev–Trinajstić information content (AvgIpc) is 3.02. The van der Waals surface area contributed by atoms with Gasteiger partial charge < -0.3 is 14.7 Å².